The first-order chi connectivity index (χ1) is 11.7. The fourth-order valence-electron chi connectivity index (χ4n) is 2.11. The monoisotopic (exact) mass is 489 g/mol. The van der Waals surface area contributed by atoms with Crippen molar-refractivity contribution in [2.75, 3.05) is 5.32 Å². The maximum absolute atomic E-state index is 14.2. The molecule has 3 rings (SSSR count). The summed E-state index contributed by atoms with van der Waals surface area (Å²) in [6.45, 7) is 0. The van der Waals surface area contributed by atoms with Gasteiger partial charge in [0.1, 0.15) is 28.9 Å². The minimum Gasteiger partial charge on any atom is -0.350 e. The molecule has 0 saturated carbocycles. The van der Waals surface area contributed by atoms with Crippen LogP contribution in [0.4, 0.5) is 27.8 Å². The Balaban J connectivity index is 2.31. The standard InChI is InChI=1S/C13H6ClF5IN5/c14-9-8(7-5(15)2-1-3-6(7)16)10(24-11(20)13(17,18)19)25-12(23-9)21-4-22-25/h1-4,11,24H. The number of nitrogens with zero attached hydrogens (tertiary/aromatic N) is 4. The number of rotatable bonds is 3. The Labute approximate surface area is 155 Å². The Hall–Kier alpha value is -1.76. The van der Waals surface area contributed by atoms with E-state index in [-0.39, 0.29) is 17.2 Å². The molecule has 0 spiro atoms. The Bertz CT molecular complexity index is 924. The second-order valence-corrected chi connectivity index (χ2v) is 6.35. The van der Waals surface area contributed by atoms with Gasteiger partial charge in [0.15, 0.2) is 4.05 Å². The number of halogens is 7. The second kappa shape index (κ2) is 6.52. The molecule has 2 aromatic heterocycles. The van der Waals surface area contributed by atoms with Gasteiger partial charge in [-0.15, -0.1) is 0 Å². The minimum absolute atomic E-state index is 0.126. The summed E-state index contributed by atoms with van der Waals surface area (Å²) in [5.41, 5.74) is -1.01. The molecule has 1 atom stereocenters. The van der Waals surface area contributed by atoms with Crippen LogP contribution in [0.5, 0.6) is 0 Å². The molecule has 5 nitrogen and oxygen atoms in total. The quantitative estimate of drug-likeness (QED) is 0.194. The zero-order valence-corrected chi connectivity index (χ0v) is 14.7. The third-order valence-electron chi connectivity index (χ3n) is 3.15. The lowest BCUT2D eigenvalue weighted by atomic mass is 10.1. The van der Waals surface area contributed by atoms with Crippen LogP contribution in [0.3, 0.4) is 0 Å². The topological polar surface area (TPSA) is 55.1 Å². The van der Waals surface area contributed by atoms with E-state index in [2.05, 4.69) is 20.4 Å². The smallest absolute Gasteiger partial charge is 0.350 e. The van der Waals surface area contributed by atoms with E-state index >= 15 is 0 Å². The summed E-state index contributed by atoms with van der Waals surface area (Å²) in [4.78, 5) is 7.56. The van der Waals surface area contributed by atoms with E-state index in [1.54, 1.807) is 0 Å². The number of fused-ring (bicyclic) bond motifs is 1. The number of benzene rings is 1. The number of anilines is 1. The molecule has 0 aliphatic carbocycles. The Morgan fingerprint density at radius 1 is 1.16 bits per heavy atom. The van der Waals surface area contributed by atoms with Gasteiger partial charge in [0, 0.05) is 0 Å². The first-order valence-corrected chi connectivity index (χ1v) is 8.13. The van der Waals surface area contributed by atoms with Gasteiger partial charge >= 0.3 is 6.18 Å². The number of alkyl halides is 4. The molecule has 0 saturated heterocycles. The molecule has 2 heterocycles. The molecule has 0 aliphatic heterocycles. The van der Waals surface area contributed by atoms with Gasteiger partial charge in [0.05, 0.1) is 11.1 Å². The highest BCUT2D eigenvalue weighted by molar-refractivity contribution is 14.1. The maximum Gasteiger partial charge on any atom is 0.417 e. The lowest BCUT2D eigenvalue weighted by Crippen LogP contribution is -2.31. The van der Waals surface area contributed by atoms with E-state index < -0.39 is 32.6 Å². The molecule has 1 aromatic carbocycles. The van der Waals surface area contributed by atoms with E-state index in [0.29, 0.717) is 0 Å². The Morgan fingerprint density at radius 3 is 2.40 bits per heavy atom. The molecule has 0 bridgehead atoms. The van der Waals surface area contributed by atoms with Crippen molar-refractivity contribution in [1.82, 2.24) is 19.6 Å². The average molecular weight is 490 g/mol. The van der Waals surface area contributed by atoms with Crippen LogP contribution in [-0.2, 0) is 0 Å². The predicted molar refractivity (Wildman–Crippen MR) is 88.6 cm³/mol. The largest absolute Gasteiger partial charge is 0.417 e. The second-order valence-electron chi connectivity index (χ2n) is 4.74. The third-order valence-corrected chi connectivity index (χ3v) is 4.44. The van der Waals surface area contributed by atoms with Gasteiger partial charge in [-0.3, -0.25) is 0 Å². The summed E-state index contributed by atoms with van der Waals surface area (Å²) in [6, 6.07) is 3.03. The molecule has 0 fully saturated rings. The van der Waals surface area contributed by atoms with Crippen molar-refractivity contribution < 1.29 is 22.0 Å². The van der Waals surface area contributed by atoms with Gasteiger partial charge in [-0.05, 0) is 34.7 Å². The van der Waals surface area contributed by atoms with Crippen molar-refractivity contribution in [3.05, 3.63) is 41.3 Å². The number of aromatic nitrogens is 4. The van der Waals surface area contributed by atoms with Gasteiger partial charge in [-0.25, -0.2) is 8.78 Å². The van der Waals surface area contributed by atoms with Crippen molar-refractivity contribution in [2.24, 2.45) is 0 Å². The molecule has 132 valence electrons. The van der Waals surface area contributed by atoms with Crippen molar-refractivity contribution in [3.63, 3.8) is 0 Å². The molecule has 1 N–H and O–H groups in total. The van der Waals surface area contributed by atoms with Crippen molar-refractivity contribution >= 4 is 45.8 Å². The summed E-state index contributed by atoms with van der Waals surface area (Å²) >= 11 is 7.09. The number of hydrogen-bond donors (Lipinski definition) is 1. The first-order valence-electron chi connectivity index (χ1n) is 6.51. The molecular weight excluding hydrogens is 484 g/mol. The fraction of sp³-hybridized carbons (Fsp3) is 0.154. The molecule has 25 heavy (non-hydrogen) atoms. The van der Waals surface area contributed by atoms with Gasteiger partial charge in [-0.1, -0.05) is 17.7 Å². The summed E-state index contributed by atoms with van der Waals surface area (Å²) < 4.78 is 66.0. The van der Waals surface area contributed by atoms with Crippen molar-refractivity contribution in [2.45, 2.75) is 10.2 Å². The number of nitrogens with one attached hydrogen (secondary N) is 1. The van der Waals surface area contributed by atoms with Crippen LogP contribution in [-0.4, -0.2) is 29.8 Å². The zero-order chi connectivity index (χ0) is 18.4. The summed E-state index contributed by atoms with van der Waals surface area (Å²) in [5, 5.41) is 5.47. The van der Waals surface area contributed by atoms with Crippen LogP contribution in [0, 0.1) is 11.6 Å². The van der Waals surface area contributed by atoms with Crippen LogP contribution < -0.4 is 5.32 Å². The first kappa shape index (κ1) is 18.0. The van der Waals surface area contributed by atoms with Crippen molar-refractivity contribution in [1.29, 1.82) is 0 Å². The van der Waals surface area contributed by atoms with Crippen LogP contribution in [0.1, 0.15) is 0 Å². The lowest BCUT2D eigenvalue weighted by molar-refractivity contribution is -0.119. The van der Waals surface area contributed by atoms with Crippen molar-refractivity contribution in [3.8, 4) is 11.1 Å². The van der Waals surface area contributed by atoms with Crippen LogP contribution >= 0.6 is 34.2 Å². The average Bonchev–Trinajstić information content (AvgIpc) is 2.96. The molecule has 0 radical (unpaired) electrons. The fourth-order valence-corrected chi connectivity index (χ4v) is 2.66. The highest BCUT2D eigenvalue weighted by Crippen LogP contribution is 2.39. The van der Waals surface area contributed by atoms with Crippen LogP contribution in [0.15, 0.2) is 24.5 Å². The Morgan fingerprint density at radius 2 is 1.80 bits per heavy atom. The van der Waals surface area contributed by atoms with Gasteiger partial charge in [0.2, 0.25) is 0 Å². The highest BCUT2D eigenvalue weighted by Gasteiger charge is 2.39. The molecule has 0 aliphatic rings. The van der Waals surface area contributed by atoms with E-state index in [0.717, 1.165) is 51.6 Å². The zero-order valence-electron chi connectivity index (χ0n) is 11.8. The minimum atomic E-state index is -4.63. The van der Waals surface area contributed by atoms with Gasteiger partial charge in [0.25, 0.3) is 5.78 Å². The van der Waals surface area contributed by atoms with Crippen LogP contribution in [0.2, 0.25) is 5.15 Å². The molecule has 0 amide bonds. The van der Waals surface area contributed by atoms with E-state index in [1.807, 2.05) is 0 Å². The lowest BCUT2D eigenvalue weighted by Gasteiger charge is -2.20. The maximum atomic E-state index is 14.2. The predicted octanol–water partition coefficient (Wildman–Crippen LogP) is 4.46. The highest BCUT2D eigenvalue weighted by atomic mass is 127. The number of hydrogen-bond acceptors (Lipinski definition) is 4. The molecule has 3 aromatic rings. The summed E-state index contributed by atoms with van der Waals surface area (Å²) in [5.74, 6) is -2.53. The van der Waals surface area contributed by atoms with Crippen LogP contribution in [0.25, 0.3) is 16.9 Å². The van der Waals surface area contributed by atoms with E-state index in [1.165, 1.54) is 0 Å². The molecule has 1 unspecified atom stereocenters. The Kier molecular flexibility index (Phi) is 4.70. The molecule has 12 heteroatoms. The molecular formula is C13H6ClF5IN5. The van der Waals surface area contributed by atoms with E-state index in [9.17, 15) is 22.0 Å². The summed E-state index contributed by atoms with van der Waals surface area (Å²) in [6.07, 6.45) is -3.60. The third kappa shape index (κ3) is 3.34. The van der Waals surface area contributed by atoms with Gasteiger partial charge < -0.3 is 5.32 Å². The summed E-state index contributed by atoms with van der Waals surface area (Å²) in [7, 11) is 0. The SMILES string of the molecule is Fc1cccc(F)c1-c1c(Cl)nc2ncnn2c1NC(I)C(F)(F)F. The normalized spacial score (nSPS) is 13.2. The van der Waals surface area contributed by atoms with E-state index in [4.69, 9.17) is 11.6 Å². The van der Waals surface area contributed by atoms with Gasteiger partial charge in [-0.2, -0.15) is 32.8 Å².